The third-order valence-corrected chi connectivity index (χ3v) is 18.0. The SMILES string of the molecule is COC1(OC)[C@H](O[Si](C)(C)C(C)(C)C)[C@H]2CC[C@@]13C=CC(=O)[C@@](C)(CCC(=O)Nc1c(O)ccc(C(=O)OCC[Si](C)(C)C)c1O)C3C2. The molecule has 1 aromatic rings. The smallest absolute Gasteiger partial charge is 0.341 e. The number of allylic oxidation sites excluding steroid dienone is 1. The number of rotatable bonds is 12. The average Bonchev–Trinajstić information content (AvgIpc) is 2.99. The fraction of sp³-hybridized carbons (Fsp3) is 0.694. The van der Waals surface area contributed by atoms with E-state index in [0.29, 0.717) is 0 Å². The molecule has 268 valence electrons. The summed E-state index contributed by atoms with van der Waals surface area (Å²) < 4.78 is 25.2. The van der Waals surface area contributed by atoms with E-state index in [1.807, 2.05) is 13.0 Å². The number of benzene rings is 1. The monoisotopic (exact) mass is 703 g/mol. The number of amides is 1. The first-order chi connectivity index (χ1) is 22.1. The molecule has 3 fully saturated rings. The molecule has 4 aliphatic carbocycles. The van der Waals surface area contributed by atoms with Crippen LogP contribution in [0.5, 0.6) is 11.5 Å². The van der Waals surface area contributed by atoms with E-state index in [0.717, 1.165) is 25.3 Å². The highest BCUT2D eigenvalue weighted by atomic mass is 28.4. The van der Waals surface area contributed by atoms with Crippen molar-refractivity contribution in [3.8, 4) is 11.5 Å². The first-order valence-corrected chi connectivity index (χ1v) is 23.7. The number of fused-ring (bicyclic) bond motifs is 2. The van der Waals surface area contributed by atoms with Gasteiger partial charge in [0.15, 0.2) is 19.9 Å². The van der Waals surface area contributed by atoms with E-state index in [4.69, 9.17) is 18.6 Å². The maximum absolute atomic E-state index is 13.8. The number of anilines is 1. The number of methoxy groups -OCH3 is 2. The van der Waals surface area contributed by atoms with Gasteiger partial charge in [0.05, 0.1) is 6.61 Å². The molecule has 2 bridgehead atoms. The van der Waals surface area contributed by atoms with Gasteiger partial charge in [-0.2, -0.15) is 0 Å². The minimum Gasteiger partial charge on any atom is -0.506 e. The Bertz CT molecular complexity index is 1440. The van der Waals surface area contributed by atoms with Gasteiger partial charge in [0.2, 0.25) is 11.7 Å². The minimum absolute atomic E-state index is 0.0232. The average molecular weight is 704 g/mol. The summed E-state index contributed by atoms with van der Waals surface area (Å²) in [5.41, 5.74) is -1.99. The van der Waals surface area contributed by atoms with Crippen LogP contribution in [0.3, 0.4) is 0 Å². The van der Waals surface area contributed by atoms with E-state index in [2.05, 4.69) is 58.8 Å². The third kappa shape index (κ3) is 6.67. The summed E-state index contributed by atoms with van der Waals surface area (Å²) in [5, 5.41) is 24.0. The second-order valence-electron chi connectivity index (χ2n) is 17.0. The van der Waals surface area contributed by atoms with Gasteiger partial charge in [-0.1, -0.05) is 53.4 Å². The number of carbonyl (C=O) groups excluding carboxylic acids is 3. The van der Waals surface area contributed by atoms with Crippen molar-refractivity contribution in [3.63, 3.8) is 0 Å². The molecule has 5 rings (SSSR count). The van der Waals surface area contributed by atoms with Crippen LogP contribution in [0.15, 0.2) is 24.3 Å². The number of nitrogens with one attached hydrogen (secondary N) is 1. The third-order valence-electron chi connectivity index (χ3n) is 11.8. The lowest BCUT2D eigenvalue weighted by Crippen LogP contribution is -2.74. The van der Waals surface area contributed by atoms with Crippen molar-refractivity contribution < 1.29 is 43.2 Å². The van der Waals surface area contributed by atoms with E-state index in [1.165, 1.54) is 12.1 Å². The Morgan fingerprint density at radius 3 is 2.29 bits per heavy atom. The van der Waals surface area contributed by atoms with Crippen LogP contribution < -0.4 is 5.32 Å². The second-order valence-corrected chi connectivity index (χ2v) is 27.3. The van der Waals surface area contributed by atoms with Crippen molar-refractivity contribution >= 4 is 39.7 Å². The normalized spacial score (nSPS) is 28.2. The summed E-state index contributed by atoms with van der Waals surface area (Å²) in [6.45, 7) is 19.7. The molecule has 1 unspecified atom stereocenters. The van der Waals surface area contributed by atoms with Crippen LogP contribution in [0.25, 0.3) is 0 Å². The molecule has 0 heterocycles. The van der Waals surface area contributed by atoms with Crippen LogP contribution in [-0.4, -0.2) is 77.0 Å². The molecule has 1 amide bonds. The fourth-order valence-corrected chi connectivity index (χ4v) is 9.91. The maximum atomic E-state index is 13.8. The van der Waals surface area contributed by atoms with Gasteiger partial charge in [-0.15, -0.1) is 0 Å². The first-order valence-electron chi connectivity index (χ1n) is 17.1. The largest absolute Gasteiger partial charge is 0.506 e. The highest BCUT2D eigenvalue weighted by molar-refractivity contribution is 6.76. The molecule has 0 aromatic heterocycles. The predicted molar refractivity (Wildman–Crippen MR) is 190 cm³/mol. The number of hydrogen-bond donors (Lipinski definition) is 3. The van der Waals surface area contributed by atoms with Gasteiger partial charge in [-0.3, -0.25) is 9.59 Å². The van der Waals surface area contributed by atoms with E-state index < -0.39 is 50.6 Å². The lowest BCUT2D eigenvalue weighted by atomic mass is 9.42. The molecular formula is C36H57NO9Si2. The van der Waals surface area contributed by atoms with E-state index in [9.17, 15) is 24.6 Å². The number of ether oxygens (including phenoxy) is 3. The van der Waals surface area contributed by atoms with E-state index in [1.54, 1.807) is 20.3 Å². The number of phenolic OH excluding ortho intramolecular Hbond substituents is 2. The first kappa shape index (κ1) is 38.3. The Hall–Kier alpha value is -2.52. The number of esters is 1. The zero-order valence-corrected chi connectivity index (χ0v) is 32.7. The lowest BCUT2D eigenvalue weighted by Gasteiger charge is -2.68. The number of carbonyl (C=O) groups is 3. The van der Waals surface area contributed by atoms with Crippen LogP contribution in [-0.2, 0) is 28.2 Å². The fourth-order valence-electron chi connectivity index (χ4n) is 7.86. The van der Waals surface area contributed by atoms with Crippen LogP contribution in [0.2, 0.25) is 43.8 Å². The second kappa shape index (κ2) is 13.3. The molecule has 4 aliphatic rings. The Morgan fingerprint density at radius 2 is 1.71 bits per heavy atom. The highest BCUT2D eigenvalue weighted by Crippen LogP contribution is 2.68. The predicted octanol–water partition coefficient (Wildman–Crippen LogP) is 7.25. The Labute approximate surface area is 288 Å². The zero-order valence-electron chi connectivity index (χ0n) is 30.7. The quantitative estimate of drug-likeness (QED) is 0.0889. The Balaban J connectivity index is 1.56. The standard InChI is InChI=1S/C36H57NO9Si2/c1-33(2,3)48(10,11)46-31-23-14-18-35(36(31,43-5)44-6)19-15-27(39)34(4,26(35)22-23)17-16-28(40)37-29-25(38)13-12-24(30(29)41)32(42)45-20-21-47(7,8)9/h12-13,15,19,23,26,31,38,41H,14,16-18,20-22H2,1-11H3,(H,37,40)/t23-,26?,31+,34-,35-/m0/s1. The summed E-state index contributed by atoms with van der Waals surface area (Å²) in [6.07, 6.45) is 5.85. The molecule has 0 aliphatic heterocycles. The van der Waals surface area contributed by atoms with E-state index >= 15 is 0 Å². The van der Waals surface area contributed by atoms with Crippen molar-refractivity contribution in [1.82, 2.24) is 0 Å². The summed E-state index contributed by atoms with van der Waals surface area (Å²) in [5.74, 6) is -3.44. The number of ketones is 1. The molecule has 48 heavy (non-hydrogen) atoms. The highest BCUT2D eigenvalue weighted by Gasteiger charge is 2.73. The van der Waals surface area contributed by atoms with Gasteiger partial charge in [0, 0.05) is 39.5 Å². The number of aromatic hydroxyl groups is 2. The van der Waals surface area contributed by atoms with E-state index in [-0.39, 0.29) is 65.2 Å². The van der Waals surface area contributed by atoms with Crippen LogP contribution >= 0.6 is 0 Å². The van der Waals surface area contributed by atoms with Crippen LogP contribution in [0.1, 0.15) is 70.2 Å². The van der Waals surface area contributed by atoms with Crippen molar-refractivity contribution in [1.29, 1.82) is 0 Å². The van der Waals surface area contributed by atoms with Crippen LogP contribution in [0.4, 0.5) is 5.69 Å². The molecule has 0 saturated heterocycles. The Morgan fingerprint density at radius 1 is 1.06 bits per heavy atom. The van der Waals surface area contributed by atoms with Gasteiger partial charge < -0.3 is 34.2 Å². The topological polar surface area (TPSA) is 141 Å². The Kier molecular flexibility index (Phi) is 10.6. The number of phenols is 2. The summed E-state index contributed by atoms with van der Waals surface area (Å²) in [4.78, 5) is 39.9. The van der Waals surface area contributed by atoms with Crippen molar-refractivity contribution in [3.05, 3.63) is 29.8 Å². The molecule has 10 nitrogen and oxygen atoms in total. The molecule has 0 radical (unpaired) electrons. The lowest BCUT2D eigenvalue weighted by molar-refractivity contribution is -0.366. The molecule has 3 saturated carbocycles. The number of hydrogen-bond acceptors (Lipinski definition) is 9. The van der Waals surface area contributed by atoms with Crippen molar-refractivity contribution in [2.75, 3.05) is 26.1 Å². The molecule has 12 heteroatoms. The van der Waals surface area contributed by atoms with Gasteiger partial charge in [-0.05, 0) is 79.9 Å². The molecule has 1 aromatic carbocycles. The van der Waals surface area contributed by atoms with Crippen molar-refractivity contribution in [2.24, 2.45) is 22.7 Å². The van der Waals surface area contributed by atoms with Crippen LogP contribution in [0, 0.1) is 22.7 Å². The van der Waals surface area contributed by atoms with Gasteiger partial charge in [0.1, 0.15) is 23.1 Å². The molecule has 5 atom stereocenters. The summed E-state index contributed by atoms with van der Waals surface area (Å²) in [6, 6.07) is 3.26. The summed E-state index contributed by atoms with van der Waals surface area (Å²) in [7, 11) is -0.372. The molecule has 1 spiro atoms. The van der Waals surface area contributed by atoms with Gasteiger partial charge >= 0.3 is 5.97 Å². The van der Waals surface area contributed by atoms with Gasteiger partial charge in [-0.25, -0.2) is 4.79 Å². The van der Waals surface area contributed by atoms with Crippen molar-refractivity contribution in [2.45, 2.75) is 116 Å². The minimum atomic E-state index is -2.23. The molecular weight excluding hydrogens is 647 g/mol. The maximum Gasteiger partial charge on any atom is 0.341 e. The molecule has 3 N–H and O–H groups in total. The summed E-state index contributed by atoms with van der Waals surface area (Å²) >= 11 is 0. The zero-order chi connectivity index (χ0) is 36.1. The van der Waals surface area contributed by atoms with Gasteiger partial charge in [0.25, 0.3) is 0 Å².